The maximum Gasteiger partial charge on any atom is 0.163 e. The van der Waals surface area contributed by atoms with Crippen LogP contribution in [-0.4, -0.2) is 21.1 Å². The lowest BCUT2D eigenvalue weighted by Gasteiger charge is -2.05. The molecule has 4 heteroatoms. The largest absolute Gasteiger partial charge is 0.508 e. The molecule has 106 valence electrons. The minimum absolute atomic E-state index is 0.0509. The van der Waals surface area contributed by atoms with Gasteiger partial charge in [-0.1, -0.05) is 30.3 Å². The number of carbonyl (C=O) groups excluding carboxylic acids is 1. The first kappa shape index (κ1) is 15.7. The van der Waals surface area contributed by atoms with Gasteiger partial charge in [0.15, 0.2) is 5.78 Å². The lowest BCUT2D eigenvalue weighted by Crippen LogP contribution is -1.90. The molecule has 0 aromatic heterocycles. The molecule has 20 heavy (non-hydrogen) atoms. The highest BCUT2D eigenvalue weighted by Gasteiger charge is 2.03. The van der Waals surface area contributed by atoms with Crippen LogP contribution >= 0.6 is 0 Å². The van der Waals surface area contributed by atoms with Gasteiger partial charge in [0.2, 0.25) is 0 Å². The molecule has 4 nitrogen and oxygen atoms in total. The third kappa shape index (κ3) is 4.40. The number of aromatic hydroxyl groups is 2. The summed E-state index contributed by atoms with van der Waals surface area (Å²) in [5.74, 6) is 0.0885. The number of phenolic OH excluding ortho intramolecular Hbond substituents is 2. The van der Waals surface area contributed by atoms with Crippen LogP contribution in [0.25, 0.3) is 0 Å². The Kier molecular flexibility index (Phi) is 5.74. The number of Topliss-reactive ketones (excluding diaryl/α,β-unsaturated/α-hetero) is 1. The zero-order valence-electron chi connectivity index (χ0n) is 11.4. The molecule has 0 radical (unpaired) electrons. The molecule has 2 aromatic rings. The van der Waals surface area contributed by atoms with Gasteiger partial charge in [-0.2, -0.15) is 0 Å². The van der Waals surface area contributed by atoms with Crippen molar-refractivity contribution in [2.75, 3.05) is 0 Å². The number of aliphatic hydroxyl groups is 1. The predicted octanol–water partition coefficient (Wildman–Crippen LogP) is 3.04. The zero-order chi connectivity index (χ0) is 15.1. The molecule has 0 aliphatic heterocycles. The van der Waals surface area contributed by atoms with Crippen LogP contribution in [0.4, 0.5) is 0 Å². The van der Waals surface area contributed by atoms with Crippen molar-refractivity contribution in [3.63, 3.8) is 0 Å². The molecule has 0 heterocycles. The highest BCUT2D eigenvalue weighted by atomic mass is 16.3. The van der Waals surface area contributed by atoms with Crippen molar-refractivity contribution in [3.05, 3.63) is 59.7 Å². The van der Waals surface area contributed by atoms with Gasteiger partial charge in [-0.05, 0) is 32.0 Å². The topological polar surface area (TPSA) is 77.8 Å². The Morgan fingerprint density at radius 3 is 1.80 bits per heavy atom. The van der Waals surface area contributed by atoms with Crippen molar-refractivity contribution in [2.24, 2.45) is 0 Å². The van der Waals surface area contributed by atoms with E-state index in [1.807, 2.05) is 0 Å². The molecule has 0 fully saturated rings. The Hall–Kier alpha value is -2.33. The Morgan fingerprint density at radius 2 is 1.45 bits per heavy atom. The molecule has 0 aliphatic carbocycles. The molecule has 0 bridgehead atoms. The van der Waals surface area contributed by atoms with E-state index in [1.165, 1.54) is 13.0 Å². The van der Waals surface area contributed by atoms with Crippen LogP contribution in [-0.2, 0) is 0 Å². The molecule has 0 saturated carbocycles. The van der Waals surface area contributed by atoms with Crippen molar-refractivity contribution >= 4 is 5.78 Å². The number of phenols is 2. The normalized spacial score (nSPS) is 11.2. The summed E-state index contributed by atoms with van der Waals surface area (Å²) in [7, 11) is 0. The number of ketones is 1. The van der Waals surface area contributed by atoms with Crippen LogP contribution in [0.2, 0.25) is 0 Å². The van der Waals surface area contributed by atoms with Crippen LogP contribution in [0, 0.1) is 0 Å². The number of hydrogen-bond donors (Lipinski definition) is 3. The van der Waals surface area contributed by atoms with Gasteiger partial charge < -0.3 is 15.3 Å². The molecule has 0 amide bonds. The second-order valence-electron chi connectivity index (χ2n) is 4.31. The fourth-order valence-electron chi connectivity index (χ4n) is 1.61. The Bertz CT molecular complexity index is 576. The summed E-state index contributed by atoms with van der Waals surface area (Å²) in [5.41, 5.74) is 0.949. The zero-order valence-corrected chi connectivity index (χ0v) is 11.4. The molecule has 0 spiro atoms. The van der Waals surface area contributed by atoms with Crippen molar-refractivity contribution in [1.29, 1.82) is 0 Å². The SMILES string of the molecule is CC(=O)c1ccccc1O.CC(O)c1ccccc1O. The highest BCUT2D eigenvalue weighted by molar-refractivity contribution is 5.96. The van der Waals surface area contributed by atoms with Gasteiger partial charge >= 0.3 is 0 Å². The first-order valence-corrected chi connectivity index (χ1v) is 6.18. The molecule has 1 atom stereocenters. The summed E-state index contributed by atoms with van der Waals surface area (Å²) < 4.78 is 0. The number of carbonyl (C=O) groups is 1. The standard InChI is InChI=1S/C8H10O2.C8H8O2/c2*1-6(9)7-4-2-3-5-8(7)10/h2-6,9-10H,1H3;2-5,10H,1H3. The predicted molar refractivity (Wildman–Crippen MR) is 76.9 cm³/mol. The van der Waals surface area contributed by atoms with Crippen LogP contribution in [0.3, 0.4) is 0 Å². The molecular formula is C16H18O4. The summed E-state index contributed by atoms with van der Waals surface area (Å²) in [4.78, 5) is 10.7. The molecule has 2 aromatic carbocycles. The highest BCUT2D eigenvalue weighted by Crippen LogP contribution is 2.22. The van der Waals surface area contributed by atoms with Gasteiger partial charge in [-0.3, -0.25) is 4.79 Å². The van der Waals surface area contributed by atoms with E-state index in [4.69, 9.17) is 15.3 Å². The third-order valence-electron chi connectivity index (χ3n) is 2.67. The van der Waals surface area contributed by atoms with Crippen LogP contribution in [0.5, 0.6) is 11.5 Å². The maximum absolute atomic E-state index is 10.7. The van der Waals surface area contributed by atoms with Crippen molar-refractivity contribution in [2.45, 2.75) is 20.0 Å². The third-order valence-corrected chi connectivity index (χ3v) is 2.67. The lowest BCUT2D eigenvalue weighted by molar-refractivity contribution is 0.101. The van der Waals surface area contributed by atoms with Gasteiger partial charge in [0.05, 0.1) is 11.7 Å². The van der Waals surface area contributed by atoms with Gasteiger partial charge in [-0.15, -0.1) is 0 Å². The van der Waals surface area contributed by atoms with Gasteiger partial charge in [0.1, 0.15) is 11.5 Å². The fourth-order valence-corrected chi connectivity index (χ4v) is 1.61. The number of aliphatic hydroxyl groups excluding tert-OH is 1. The summed E-state index contributed by atoms with van der Waals surface area (Å²) >= 11 is 0. The maximum atomic E-state index is 10.7. The van der Waals surface area contributed by atoms with Gasteiger partial charge in [0.25, 0.3) is 0 Å². The monoisotopic (exact) mass is 274 g/mol. The van der Waals surface area contributed by atoms with E-state index in [0.717, 1.165) is 0 Å². The Morgan fingerprint density at radius 1 is 0.950 bits per heavy atom. The van der Waals surface area contributed by atoms with Crippen LogP contribution in [0.15, 0.2) is 48.5 Å². The second kappa shape index (κ2) is 7.31. The minimum Gasteiger partial charge on any atom is -0.508 e. The van der Waals surface area contributed by atoms with Crippen molar-refractivity contribution < 1.29 is 20.1 Å². The van der Waals surface area contributed by atoms with E-state index in [-0.39, 0.29) is 17.3 Å². The molecule has 0 saturated heterocycles. The van der Waals surface area contributed by atoms with Crippen LogP contribution < -0.4 is 0 Å². The molecular weight excluding hydrogens is 256 g/mol. The first-order chi connectivity index (χ1) is 9.43. The average molecular weight is 274 g/mol. The molecule has 1 unspecified atom stereocenters. The van der Waals surface area contributed by atoms with E-state index >= 15 is 0 Å². The number of hydrogen-bond acceptors (Lipinski definition) is 4. The van der Waals surface area contributed by atoms with E-state index in [1.54, 1.807) is 49.4 Å². The Balaban J connectivity index is 0.000000200. The van der Waals surface area contributed by atoms with Crippen LogP contribution in [0.1, 0.15) is 35.9 Å². The van der Waals surface area contributed by atoms with E-state index in [0.29, 0.717) is 11.1 Å². The molecule has 3 N–H and O–H groups in total. The summed E-state index contributed by atoms with van der Waals surface area (Å²) in [6, 6.07) is 13.2. The van der Waals surface area contributed by atoms with Gasteiger partial charge in [0, 0.05) is 5.56 Å². The van der Waals surface area contributed by atoms with Crippen molar-refractivity contribution in [3.8, 4) is 11.5 Å². The smallest absolute Gasteiger partial charge is 0.163 e. The second-order valence-corrected chi connectivity index (χ2v) is 4.31. The Labute approximate surface area is 117 Å². The first-order valence-electron chi connectivity index (χ1n) is 6.18. The minimum atomic E-state index is -0.596. The number of benzene rings is 2. The van der Waals surface area contributed by atoms with E-state index in [2.05, 4.69) is 0 Å². The molecule has 2 rings (SSSR count). The van der Waals surface area contributed by atoms with Crippen molar-refractivity contribution in [1.82, 2.24) is 0 Å². The summed E-state index contributed by atoms with van der Waals surface area (Å²) in [5, 5.41) is 27.2. The quantitative estimate of drug-likeness (QED) is 0.735. The van der Waals surface area contributed by atoms with E-state index in [9.17, 15) is 4.79 Å². The molecule has 0 aliphatic rings. The average Bonchev–Trinajstić information content (AvgIpc) is 2.40. The lowest BCUT2D eigenvalue weighted by atomic mass is 10.1. The van der Waals surface area contributed by atoms with Gasteiger partial charge in [-0.25, -0.2) is 0 Å². The summed E-state index contributed by atoms with van der Waals surface area (Å²) in [6.45, 7) is 3.05. The summed E-state index contributed by atoms with van der Waals surface area (Å²) in [6.07, 6.45) is -0.596. The van der Waals surface area contributed by atoms with E-state index < -0.39 is 6.10 Å². The fraction of sp³-hybridized carbons (Fsp3) is 0.188. The number of para-hydroxylation sites is 2. The number of rotatable bonds is 2.